The minimum Gasteiger partial charge on any atom is -0.0622 e. The van der Waals surface area contributed by atoms with Crippen molar-refractivity contribution in [1.29, 1.82) is 0 Å². The largest absolute Gasteiger partial charge is 0.0622 e. The number of hydrogen-bond donors (Lipinski definition) is 0. The van der Waals surface area contributed by atoms with Gasteiger partial charge in [-0.25, -0.2) is 0 Å². The molecule has 0 nitrogen and oxygen atoms in total. The van der Waals surface area contributed by atoms with Gasteiger partial charge in [0.2, 0.25) is 0 Å². The Morgan fingerprint density at radius 3 is 1.06 bits per heavy atom. The lowest BCUT2D eigenvalue weighted by molar-refractivity contribution is 1.64. The van der Waals surface area contributed by atoms with Gasteiger partial charge < -0.3 is 0 Å². The molecule has 0 saturated heterocycles. The van der Waals surface area contributed by atoms with Gasteiger partial charge in [0.05, 0.1) is 0 Å². The second-order valence-corrected chi connectivity index (χ2v) is 12.8. The average molecular weight is 607 g/mol. The van der Waals surface area contributed by atoms with E-state index in [0.29, 0.717) is 0 Å². The molecule has 10 aromatic rings. The Hall–Kier alpha value is -6.24. The van der Waals surface area contributed by atoms with Crippen molar-refractivity contribution in [3.05, 3.63) is 182 Å². The molecule has 0 heterocycles. The molecule has 0 radical (unpaired) electrons. The fourth-order valence-corrected chi connectivity index (χ4v) is 8.02. The van der Waals surface area contributed by atoms with E-state index in [2.05, 4.69) is 182 Å². The van der Waals surface area contributed by atoms with E-state index in [1.54, 1.807) is 0 Å². The maximum absolute atomic E-state index is 2.43. The molecule has 0 amide bonds. The quantitative estimate of drug-likeness (QED) is 0.139. The number of hydrogen-bond acceptors (Lipinski definition) is 0. The van der Waals surface area contributed by atoms with Crippen LogP contribution in [0.15, 0.2) is 182 Å². The van der Waals surface area contributed by atoms with Crippen LogP contribution in [0.25, 0.3) is 98.0 Å². The zero-order valence-corrected chi connectivity index (χ0v) is 26.3. The van der Waals surface area contributed by atoms with E-state index in [4.69, 9.17) is 0 Å². The molecule has 0 saturated carbocycles. The van der Waals surface area contributed by atoms with Crippen LogP contribution in [0.4, 0.5) is 0 Å². The summed E-state index contributed by atoms with van der Waals surface area (Å²) in [6, 6.07) is 67.1. The van der Waals surface area contributed by atoms with Crippen LogP contribution in [-0.4, -0.2) is 0 Å². The number of fused-ring (bicyclic) bond motifs is 9. The van der Waals surface area contributed by atoms with Crippen molar-refractivity contribution >= 4 is 64.6 Å². The van der Waals surface area contributed by atoms with Crippen molar-refractivity contribution in [3.8, 4) is 33.4 Å². The Morgan fingerprint density at radius 2 is 0.542 bits per heavy atom. The van der Waals surface area contributed by atoms with Gasteiger partial charge in [0, 0.05) is 0 Å². The fourth-order valence-electron chi connectivity index (χ4n) is 8.02. The molecular weight excluding hydrogens is 577 g/mol. The van der Waals surface area contributed by atoms with Gasteiger partial charge in [-0.3, -0.25) is 0 Å². The maximum Gasteiger partial charge on any atom is -0.00261 e. The van der Waals surface area contributed by atoms with Crippen molar-refractivity contribution in [3.63, 3.8) is 0 Å². The Kier molecular flexibility index (Phi) is 5.98. The summed E-state index contributed by atoms with van der Waals surface area (Å²) in [5.41, 5.74) is 7.55. The van der Waals surface area contributed by atoms with Gasteiger partial charge in [0.1, 0.15) is 0 Å². The van der Waals surface area contributed by atoms with E-state index in [9.17, 15) is 0 Å². The zero-order valence-electron chi connectivity index (χ0n) is 26.3. The van der Waals surface area contributed by atoms with Crippen LogP contribution in [0.2, 0.25) is 0 Å². The highest BCUT2D eigenvalue weighted by molar-refractivity contribution is 6.27. The van der Waals surface area contributed by atoms with Crippen LogP contribution in [-0.2, 0) is 0 Å². The molecule has 48 heavy (non-hydrogen) atoms. The summed E-state index contributed by atoms with van der Waals surface area (Å²) in [7, 11) is 0. The van der Waals surface area contributed by atoms with E-state index < -0.39 is 0 Å². The van der Waals surface area contributed by atoms with Crippen LogP contribution >= 0.6 is 0 Å². The molecule has 0 bridgehead atoms. The van der Waals surface area contributed by atoms with E-state index >= 15 is 0 Å². The molecule has 0 fully saturated rings. The molecule has 10 aromatic carbocycles. The summed E-state index contributed by atoms with van der Waals surface area (Å²) in [6.45, 7) is 0. The molecule has 0 spiro atoms. The van der Waals surface area contributed by atoms with Gasteiger partial charge in [-0.05, 0) is 116 Å². The molecule has 222 valence electrons. The van der Waals surface area contributed by atoms with Gasteiger partial charge in [-0.2, -0.15) is 0 Å². The number of benzene rings is 10. The Morgan fingerprint density at radius 1 is 0.188 bits per heavy atom. The highest BCUT2D eigenvalue weighted by Gasteiger charge is 2.18. The molecule has 0 aromatic heterocycles. The first kappa shape index (κ1) is 26.9. The molecule has 0 unspecified atom stereocenters. The van der Waals surface area contributed by atoms with E-state index in [-0.39, 0.29) is 0 Å². The summed E-state index contributed by atoms with van der Waals surface area (Å²) in [6.07, 6.45) is 0. The molecule has 0 aliphatic heterocycles. The second-order valence-electron chi connectivity index (χ2n) is 12.8. The normalized spacial score (nSPS) is 11.8. The number of rotatable bonds is 3. The Bertz CT molecular complexity index is 2780. The molecule has 0 aliphatic rings. The van der Waals surface area contributed by atoms with E-state index in [1.165, 1.54) is 98.0 Å². The molecule has 0 N–H and O–H groups in total. The highest BCUT2D eigenvalue weighted by atomic mass is 14.2. The van der Waals surface area contributed by atoms with Gasteiger partial charge in [-0.1, -0.05) is 164 Å². The van der Waals surface area contributed by atoms with Crippen LogP contribution in [0, 0.1) is 0 Å². The SMILES string of the molecule is c1ccc(-c2ccc3cc(-c4c5ccccc5c(-c5ccc6c7ccccc7c7ccccc7c6c5)c5ccccc45)ccc3c2)cc1. The third-order valence-corrected chi connectivity index (χ3v) is 10.2. The topological polar surface area (TPSA) is 0 Å². The summed E-state index contributed by atoms with van der Waals surface area (Å²) >= 11 is 0. The van der Waals surface area contributed by atoms with E-state index in [0.717, 1.165) is 0 Å². The maximum atomic E-state index is 2.43. The lowest BCUT2D eigenvalue weighted by Crippen LogP contribution is -1.91. The first-order valence-electron chi connectivity index (χ1n) is 16.7. The minimum absolute atomic E-state index is 1.24. The Balaban J connectivity index is 1.23. The molecular formula is C48H30. The Labute approximate surface area is 279 Å². The van der Waals surface area contributed by atoms with Gasteiger partial charge in [0.25, 0.3) is 0 Å². The first-order valence-corrected chi connectivity index (χ1v) is 16.7. The molecule has 10 rings (SSSR count). The molecule has 0 heteroatoms. The van der Waals surface area contributed by atoms with Crippen LogP contribution in [0.3, 0.4) is 0 Å². The fraction of sp³-hybridized carbons (Fsp3) is 0. The average Bonchev–Trinajstić information content (AvgIpc) is 3.17. The van der Waals surface area contributed by atoms with Crippen molar-refractivity contribution in [2.45, 2.75) is 0 Å². The first-order chi connectivity index (χ1) is 23.8. The standard InChI is InChI=1S/C48H30/c1-2-12-31(13-3-1)32-22-23-34-29-35(25-24-33(34)28-32)47-42-18-8-10-20-44(42)48(45-21-11-9-19-43(45)47)36-26-27-41-39-16-5-4-14-37(39)38-15-6-7-17-40(38)46(41)30-36/h1-30H. The van der Waals surface area contributed by atoms with Crippen LogP contribution in [0.1, 0.15) is 0 Å². The third kappa shape index (κ3) is 4.10. The van der Waals surface area contributed by atoms with Crippen molar-refractivity contribution in [2.75, 3.05) is 0 Å². The third-order valence-electron chi connectivity index (χ3n) is 10.2. The predicted octanol–water partition coefficient (Wildman–Crippen LogP) is 13.6. The second kappa shape index (κ2) is 10.7. The molecule has 0 atom stereocenters. The summed E-state index contributed by atoms with van der Waals surface area (Å²) in [5.74, 6) is 0. The summed E-state index contributed by atoms with van der Waals surface area (Å²) in [4.78, 5) is 0. The lowest BCUT2D eigenvalue weighted by atomic mass is 9.84. The van der Waals surface area contributed by atoms with Crippen molar-refractivity contribution in [1.82, 2.24) is 0 Å². The van der Waals surface area contributed by atoms with Gasteiger partial charge >= 0.3 is 0 Å². The predicted molar refractivity (Wildman–Crippen MR) is 208 cm³/mol. The minimum atomic E-state index is 1.24. The van der Waals surface area contributed by atoms with Crippen molar-refractivity contribution < 1.29 is 0 Å². The van der Waals surface area contributed by atoms with Gasteiger partial charge in [-0.15, -0.1) is 0 Å². The summed E-state index contributed by atoms with van der Waals surface area (Å²) in [5, 5.41) is 15.4. The summed E-state index contributed by atoms with van der Waals surface area (Å²) < 4.78 is 0. The highest BCUT2D eigenvalue weighted by Crippen LogP contribution is 2.45. The smallest absolute Gasteiger partial charge is 0.00261 e. The van der Waals surface area contributed by atoms with E-state index in [1.807, 2.05) is 0 Å². The lowest BCUT2D eigenvalue weighted by Gasteiger charge is -2.19. The van der Waals surface area contributed by atoms with Gasteiger partial charge in [0.15, 0.2) is 0 Å². The van der Waals surface area contributed by atoms with Crippen LogP contribution in [0.5, 0.6) is 0 Å². The van der Waals surface area contributed by atoms with Crippen molar-refractivity contribution in [2.24, 2.45) is 0 Å². The van der Waals surface area contributed by atoms with Crippen LogP contribution < -0.4 is 0 Å². The molecule has 0 aliphatic carbocycles. The monoisotopic (exact) mass is 606 g/mol. The zero-order chi connectivity index (χ0) is 31.6.